The number of nitrogens with zero attached hydrogens (tertiary/aromatic N) is 5. The molecular weight excluding hydrogens is 348 g/mol. The van der Waals surface area contributed by atoms with Gasteiger partial charge in [-0.15, -0.1) is 0 Å². The highest BCUT2D eigenvalue weighted by Crippen LogP contribution is 2.21. The van der Waals surface area contributed by atoms with Gasteiger partial charge in [0.2, 0.25) is 0 Å². The van der Waals surface area contributed by atoms with Gasteiger partial charge in [-0.2, -0.15) is 0 Å². The van der Waals surface area contributed by atoms with Gasteiger partial charge in [0.05, 0.1) is 12.1 Å². The number of hydrogen-bond acceptors (Lipinski definition) is 6. The minimum Gasteiger partial charge on any atom is -0.390 e. The zero-order chi connectivity index (χ0) is 19.2. The molecule has 9 heteroatoms. The van der Waals surface area contributed by atoms with Gasteiger partial charge in [-0.3, -0.25) is 4.79 Å². The highest BCUT2D eigenvalue weighted by molar-refractivity contribution is 5.99. The van der Waals surface area contributed by atoms with Crippen molar-refractivity contribution in [2.45, 2.75) is 13.0 Å². The van der Waals surface area contributed by atoms with E-state index in [0.717, 1.165) is 31.9 Å². The number of piperazine rings is 1. The molecular formula is C18H24N6O3. The summed E-state index contributed by atoms with van der Waals surface area (Å²) < 4.78 is 1.48. The second-order valence-electron chi connectivity index (χ2n) is 6.59. The highest BCUT2D eigenvalue weighted by atomic mass is 16.6. The molecule has 2 heterocycles. The lowest BCUT2D eigenvalue weighted by Crippen LogP contribution is -2.45. The Kier molecular flexibility index (Phi) is 6.02. The molecule has 1 amide bonds. The number of carbonyl (C=O) groups is 1. The number of para-hydroxylation sites is 1. The maximum absolute atomic E-state index is 12.6. The summed E-state index contributed by atoms with van der Waals surface area (Å²) in [6.07, 6.45) is 3.56. The minimum absolute atomic E-state index is 0.121. The SMILES string of the molecule is CN1CCN(c2ccccc2C(=O)NCCCn2ccnc2[N+](=O)[O-])CC1. The maximum atomic E-state index is 12.6. The van der Waals surface area contributed by atoms with Gasteiger partial charge < -0.3 is 25.2 Å². The molecule has 1 N–H and O–H groups in total. The quantitative estimate of drug-likeness (QED) is 0.448. The number of aromatic nitrogens is 2. The molecule has 0 aliphatic carbocycles. The number of imidazole rings is 1. The van der Waals surface area contributed by atoms with Crippen LogP contribution in [-0.2, 0) is 6.54 Å². The van der Waals surface area contributed by atoms with Crippen molar-refractivity contribution in [3.63, 3.8) is 0 Å². The van der Waals surface area contributed by atoms with E-state index in [9.17, 15) is 14.9 Å². The standard InChI is InChI=1S/C18H24N6O3/c1-21-11-13-22(14-12-21)16-6-3-2-5-15(16)17(25)19-7-4-9-23-10-8-20-18(23)24(26)27/h2-3,5-6,8,10H,4,7,9,11-14H2,1H3,(H,19,25). The topological polar surface area (TPSA) is 96.5 Å². The molecule has 2 aromatic rings. The maximum Gasteiger partial charge on any atom is 0.434 e. The predicted octanol–water partition coefficient (Wildman–Crippen LogP) is 1.36. The molecule has 1 aliphatic heterocycles. The Balaban J connectivity index is 1.55. The number of carbonyl (C=O) groups excluding carboxylic acids is 1. The van der Waals surface area contributed by atoms with Gasteiger partial charge in [-0.1, -0.05) is 17.1 Å². The normalized spacial score (nSPS) is 14.9. The first-order chi connectivity index (χ1) is 13.1. The summed E-state index contributed by atoms with van der Waals surface area (Å²) in [7, 11) is 2.10. The number of amides is 1. The molecule has 1 saturated heterocycles. The van der Waals surface area contributed by atoms with Crippen LogP contribution in [0.3, 0.4) is 0 Å². The van der Waals surface area contributed by atoms with Crippen molar-refractivity contribution >= 4 is 17.5 Å². The summed E-state index contributed by atoms with van der Waals surface area (Å²) >= 11 is 0. The van der Waals surface area contributed by atoms with Crippen molar-refractivity contribution in [2.75, 3.05) is 44.7 Å². The number of likely N-dealkylation sites (N-methyl/N-ethyl adjacent to an activating group) is 1. The first kappa shape index (κ1) is 18.8. The van der Waals surface area contributed by atoms with Crippen LogP contribution in [0.2, 0.25) is 0 Å². The van der Waals surface area contributed by atoms with Crippen LogP contribution in [0.4, 0.5) is 11.6 Å². The van der Waals surface area contributed by atoms with Crippen molar-refractivity contribution in [1.29, 1.82) is 0 Å². The largest absolute Gasteiger partial charge is 0.434 e. The molecule has 0 atom stereocenters. The fraction of sp³-hybridized carbons (Fsp3) is 0.444. The monoisotopic (exact) mass is 372 g/mol. The summed E-state index contributed by atoms with van der Waals surface area (Å²) in [5, 5.41) is 13.8. The van der Waals surface area contributed by atoms with Crippen molar-refractivity contribution < 1.29 is 9.72 Å². The van der Waals surface area contributed by atoms with Gasteiger partial charge >= 0.3 is 5.95 Å². The fourth-order valence-corrected chi connectivity index (χ4v) is 3.18. The molecule has 144 valence electrons. The number of aryl methyl sites for hydroxylation is 1. The Morgan fingerprint density at radius 1 is 1.26 bits per heavy atom. The van der Waals surface area contributed by atoms with Gasteiger partial charge in [0.25, 0.3) is 5.91 Å². The zero-order valence-electron chi connectivity index (χ0n) is 15.4. The third-order valence-electron chi connectivity index (χ3n) is 4.71. The van der Waals surface area contributed by atoms with Crippen LogP contribution in [0.1, 0.15) is 16.8 Å². The molecule has 0 saturated carbocycles. The Labute approximate surface area is 157 Å². The molecule has 3 rings (SSSR count). The number of benzene rings is 1. The first-order valence-corrected chi connectivity index (χ1v) is 9.02. The lowest BCUT2D eigenvalue weighted by molar-refractivity contribution is -0.396. The minimum atomic E-state index is -0.509. The van der Waals surface area contributed by atoms with E-state index in [0.29, 0.717) is 25.1 Å². The van der Waals surface area contributed by atoms with E-state index in [2.05, 4.69) is 27.1 Å². The number of anilines is 1. The van der Waals surface area contributed by atoms with E-state index < -0.39 is 4.92 Å². The Hall–Kier alpha value is -2.94. The van der Waals surface area contributed by atoms with Crippen LogP contribution in [0.25, 0.3) is 0 Å². The molecule has 9 nitrogen and oxygen atoms in total. The van der Waals surface area contributed by atoms with Gasteiger partial charge in [-0.25, -0.2) is 4.57 Å². The summed E-state index contributed by atoms with van der Waals surface area (Å²) in [4.78, 5) is 31.2. The van der Waals surface area contributed by atoms with Crippen LogP contribution < -0.4 is 10.2 Å². The third kappa shape index (κ3) is 4.62. The third-order valence-corrected chi connectivity index (χ3v) is 4.71. The van der Waals surface area contributed by atoms with Crippen molar-refractivity contribution in [3.8, 4) is 0 Å². The van der Waals surface area contributed by atoms with Crippen LogP contribution in [0.5, 0.6) is 0 Å². The number of rotatable bonds is 7. The number of hydrogen-bond donors (Lipinski definition) is 1. The average Bonchev–Trinajstić information content (AvgIpc) is 3.14. The molecule has 1 aromatic carbocycles. The van der Waals surface area contributed by atoms with E-state index in [1.54, 1.807) is 6.20 Å². The second kappa shape index (κ2) is 8.63. The lowest BCUT2D eigenvalue weighted by atomic mass is 10.1. The van der Waals surface area contributed by atoms with E-state index in [1.807, 2.05) is 24.3 Å². The highest BCUT2D eigenvalue weighted by Gasteiger charge is 2.20. The van der Waals surface area contributed by atoms with Crippen molar-refractivity contribution in [3.05, 3.63) is 52.3 Å². The van der Waals surface area contributed by atoms with Crippen molar-refractivity contribution in [2.24, 2.45) is 0 Å². The Morgan fingerprint density at radius 2 is 2.00 bits per heavy atom. The van der Waals surface area contributed by atoms with Crippen LogP contribution >= 0.6 is 0 Å². The summed E-state index contributed by atoms with van der Waals surface area (Å²) in [5.41, 5.74) is 1.61. The van der Waals surface area contributed by atoms with E-state index in [-0.39, 0.29) is 11.9 Å². The van der Waals surface area contributed by atoms with Gasteiger partial charge in [0, 0.05) is 38.4 Å². The molecule has 0 radical (unpaired) electrons. The predicted molar refractivity (Wildman–Crippen MR) is 102 cm³/mol. The van der Waals surface area contributed by atoms with E-state index in [1.165, 1.54) is 10.8 Å². The molecule has 1 fully saturated rings. The average molecular weight is 372 g/mol. The van der Waals surface area contributed by atoms with Gasteiger partial charge in [-0.05, 0) is 30.5 Å². The second-order valence-corrected chi connectivity index (χ2v) is 6.59. The van der Waals surface area contributed by atoms with E-state index in [4.69, 9.17) is 0 Å². The number of nitrogens with one attached hydrogen (secondary N) is 1. The molecule has 1 aliphatic rings. The van der Waals surface area contributed by atoms with Crippen LogP contribution in [-0.4, -0.2) is 65.1 Å². The molecule has 27 heavy (non-hydrogen) atoms. The zero-order valence-corrected chi connectivity index (χ0v) is 15.4. The molecule has 0 spiro atoms. The first-order valence-electron chi connectivity index (χ1n) is 9.02. The van der Waals surface area contributed by atoms with Gasteiger partial charge in [0.15, 0.2) is 0 Å². The van der Waals surface area contributed by atoms with Gasteiger partial charge in [0.1, 0.15) is 12.4 Å². The molecule has 0 bridgehead atoms. The number of nitro groups is 1. The summed E-state index contributed by atoms with van der Waals surface area (Å²) in [6.45, 7) is 4.59. The fourth-order valence-electron chi connectivity index (χ4n) is 3.18. The Bertz CT molecular complexity index is 798. The van der Waals surface area contributed by atoms with Crippen LogP contribution in [0.15, 0.2) is 36.7 Å². The summed E-state index contributed by atoms with van der Waals surface area (Å²) in [6, 6.07) is 7.63. The smallest absolute Gasteiger partial charge is 0.390 e. The lowest BCUT2D eigenvalue weighted by Gasteiger charge is -2.35. The van der Waals surface area contributed by atoms with Crippen LogP contribution in [0, 0.1) is 10.1 Å². The summed E-state index contributed by atoms with van der Waals surface area (Å²) in [5.74, 6) is -0.300. The van der Waals surface area contributed by atoms with Crippen molar-refractivity contribution in [1.82, 2.24) is 19.8 Å². The molecule has 1 aromatic heterocycles. The molecule has 0 unspecified atom stereocenters. The Morgan fingerprint density at radius 3 is 2.74 bits per heavy atom. The van der Waals surface area contributed by atoms with E-state index >= 15 is 0 Å².